The van der Waals surface area contributed by atoms with Crippen molar-refractivity contribution >= 4 is 17.4 Å². The predicted octanol–water partition coefficient (Wildman–Crippen LogP) is 0.662. The summed E-state index contributed by atoms with van der Waals surface area (Å²) in [4.78, 5) is 12.7. The van der Waals surface area contributed by atoms with E-state index in [1.165, 1.54) is 0 Å². The quantitative estimate of drug-likeness (QED) is 0.649. The number of piperidine rings is 1. The lowest BCUT2D eigenvalue weighted by Gasteiger charge is -2.32. The lowest BCUT2D eigenvalue weighted by molar-refractivity contribution is 0.0194. The van der Waals surface area contributed by atoms with Crippen LogP contribution in [0.5, 0.6) is 0 Å². The third kappa shape index (κ3) is 3.97. The maximum absolute atomic E-state index is 11.6. The molecule has 0 aliphatic carbocycles. The van der Waals surface area contributed by atoms with Gasteiger partial charge in [-0.3, -0.25) is 0 Å². The molecule has 2 heterocycles. The highest BCUT2D eigenvalue weighted by Crippen LogP contribution is 2.14. The van der Waals surface area contributed by atoms with Gasteiger partial charge in [0.15, 0.2) is 0 Å². The number of hydrogen-bond acceptors (Lipinski definition) is 4. The predicted molar refractivity (Wildman–Crippen MR) is 71.6 cm³/mol. The highest BCUT2D eigenvalue weighted by atomic mass is 32.1. The zero-order valence-electron chi connectivity index (χ0n) is 10.2. The van der Waals surface area contributed by atoms with E-state index in [0.717, 1.165) is 24.3 Å². The van der Waals surface area contributed by atoms with Crippen LogP contribution in [-0.2, 0) is 6.54 Å². The van der Waals surface area contributed by atoms with Crippen molar-refractivity contribution in [2.75, 3.05) is 19.6 Å². The molecule has 0 saturated carbocycles. The molecule has 1 aromatic rings. The number of thiophene rings is 1. The van der Waals surface area contributed by atoms with Crippen LogP contribution in [0.4, 0.5) is 4.79 Å². The number of amides is 2. The third-order valence-electron chi connectivity index (χ3n) is 3.03. The van der Waals surface area contributed by atoms with Gasteiger partial charge >= 0.3 is 6.03 Å². The number of carbonyl (C=O) groups is 1. The minimum atomic E-state index is -0.807. The summed E-state index contributed by atoms with van der Waals surface area (Å²) in [6, 6.07) is 3.70. The second-order valence-corrected chi connectivity index (χ2v) is 5.65. The molecule has 1 saturated heterocycles. The summed E-state index contributed by atoms with van der Waals surface area (Å²) in [6.45, 7) is 2.29. The Balaban J connectivity index is 1.68. The van der Waals surface area contributed by atoms with Gasteiger partial charge in [0, 0.05) is 18.0 Å². The van der Waals surface area contributed by atoms with Gasteiger partial charge in [-0.15, -0.1) is 11.3 Å². The Kier molecular flexibility index (Phi) is 4.57. The van der Waals surface area contributed by atoms with Gasteiger partial charge in [0.1, 0.15) is 0 Å². The number of hydrogen-bond donors (Lipinski definition) is 4. The van der Waals surface area contributed by atoms with E-state index in [0.29, 0.717) is 13.1 Å². The standard InChI is InChI=1S/C12H19N3O2S/c16-11(14-7-10-3-1-6-18-10)15-9-12(17)4-2-5-13-8-12/h1,3,6,13,17H,2,4-5,7-9H2,(H2,14,15,16)/t12-/m1/s1. The normalized spacial score (nSPS) is 23.6. The average Bonchev–Trinajstić information content (AvgIpc) is 2.88. The monoisotopic (exact) mass is 269 g/mol. The van der Waals surface area contributed by atoms with Gasteiger partial charge < -0.3 is 21.1 Å². The first-order valence-electron chi connectivity index (χ1n) is 6.15. The molecule has 5 nitrogen and oxygen atoms in total. The maximum Gasteiger partial charge on any atom is 0.315 e. The molecule has 1 aliphatic rings. The van der Waals surface area contributed by atoms with Crippen LogP contribution in [0.15, 0.2) is 17.5 Å². The second-order valence-electron chi connectivity index (χ2n) is 4.62. The number of aliphatic hydroxyl groups is 1. The number of nitrogens with one attached hydrogen (secondary N) is 3. The van der Waals surface area contributed by atoms with Gasteiger partial charge in [0.2, 0.25) is 0 Å². The Morgan fingerprint density at radius 1 is 1.56 bits per heavy atom. The molecule has 4 N–H and O–H groups in total. The molecule has 0 aromatic carbocycles. The summed E-state index contributed by atoms with van der Waals surface area (Å²) in [5.41, 5.74) is -0.807. The molecule has 2 rings (SSSR count). The van der Waals surface area contributed by atoms with Crippen LogP contribution in [-0.4, -0.2) is 36.4 Å². The Bertz CT molecular complexity index is 375. The first-order valence-corrected chi connectivity index (χ1v) is 7.03. The summed E-state index contributed by atoms with van der Waals surface area (Å²) in [7, 11) is 0. The molecule has 0 bridgehead atoms. The molecular formula is C12H19N3O2S. The van der Waals surface area contributed by atoms with Crippen LogP contribution in [0.25, 0.3) is 0 Å². The minimum Gasteiger partial charge on any atom is -0.387 e. The fourth-order valence-corrected chi connectivity index (χ4v) is 2.64. The Labute approximate surface area is 111 Å². The van der Waals surface area contributed by atoms with Crippen molar-refractivity contribution in [3.63, 3.8) is 0 Å². The van der Waals surface area contributed by atoms with E-state index in [4.69, 9.17) is 0 Å². The molecular weight excluding hydrogens is 250 g/mol. The molecule has 1 fully saturated rings. The zero-order valence-corrected chi connectivity index (χ0v) is 11.1. The minimum absolute atomic E-state index is 0.234. The van der Waals surface area contributed by atoms with Crippen molar-refractivity contribution in [3.8, 4) is 0 Å². The number of rotatable bonds is 4. The lowest BCUT2D eigenvalue weighted by atomic mass is 9.94. The second kappa shape index (κ2) is 6.17. The molecule has 0 radical (unpaired) electrons. The molecule has 2 amide bonds. The molecule has 18 heavy (non-hydrogen) atoms. The molecule has 0 unspecified atom stereocenters. The molecule has 1 atom stereocenters. The van der Waals surface area contributed by atoms with Crippen LogP contribution in [0, 0.1) is 0 Å². The fourth-order valence-electron chi connectivity index (χ4n) is 1.99. The van der Waals surface area contributed by atoms with Crippen LogP contribution in [0.1, 0.15) is 17.7 Å². The maximum atomic E-state index is 11.6. The molecule has 1 aromatic heterocycles. The van der Waals surface area contributed by atoms with Gasteiger partial charge in [-0.2, -0.15) is 0 Å². The number of urea groups is 1. The SMILES string of the molecule is O=C(NCc1cccs1)NC[C@@]1(O)CCCNC1. The van der Waals surface area contributed by atoms with Crippen molar-refractivity contribution in [2.45, 2.75) is 25.0 Å². The van der Waals surface area contributed by atoms with Crippen molar-refractivity contribution in [3.05, 3.63) is 22.4 Å². The molecule has 6 heteroatoms. The smallest absolute Gasteiger partial charge is 0.315 e. The highest BCUT2D eigenvalue weighted by molar-refractivity contribution is 7.09. The Hall–Kier alpha value is -1.11. The van der Waals surface area contributed by atoms with E-state index in [-0.39, 0.29) is 12.6 Å². The topological polar surface area (TPSA) is 73.4 Å². The molecule has 0 spiro atoms. The van der Waals surface area contributed by atoms with Crippen molar-refractivity contribution < 1.29 is 9.90 Å². The van der Waals surface area contributed by atoms with E-state index in [2.05, 4.69) is 16.0 Å². The lowest BCUT2D eigenvalue weighted by Crippen LogP contribution is -2.54. The number of carbonyl (C=O) groups excluding carboxylic acids is 1. The summed E-state index contributed by atoms with van der Waals surface area (Å²) in [6.07, 6.45) is 1.67. The van der Waals surface area contributed by atoms with Gasteiger partial charge in [-0.05, 0) is 30.8 Å². The number of β-amino-alcohol motifs (C(OH)–C–C–N with tert-alkyl or cyclic N) is 1. The van der Waals surface area contributed by atoms with Crippen LogP contribution < -0.4 is 16.0 Å². The summed E-state index contributed by atoms with van der Waals surface area (Å²) < 4.78 is 0. The van der Waals surface area contributed by atoms with Crippen LogP contribution >= 0.6 is 11.3 Å². The van der Waals surface area contributed by atoms with E-state index < -0.39 is 5.60 Å². The van der Waals surface area contributed by atoms with Gasteiger partial charge in [0.25, 0.3) is 0 Å². The zero-order chi connectivity index (χ0) is 12.8. The Morgan fingerprint density at radius 3 is 3.11 bits per heavy atom. The van der Waals surface area contributed by atoms with Crippen LogP contribution in [0.3, 0.4) is 0 Å². The van der Waals surface area contributed by atoms with E-state index in [1.54, 1.807) is 11.3 Å². The largest absolute Gasteiger partial charge is 0.387 e. The summed E-state index contributed by atoms with van der Waals surface area (Å²) >= 11 is 1.61. The van der Waals surface area contributed by atoms with Crippen LogP contribution in [0.2, 0.25) is 0 Å². The first kappa shape index (κ1) is 13.3. The highest BCUT2D eigenvalue weighted by Gasteiger charge is 2.29. The Morgan fingerprint density at radius 2 is 2.44 bits per heavy atom. The first-order chi connectivity index (χ1) is 8.68. The third-order valence-corrected chi connectivity index (χ3v) is 3.91. The van der Waals surface area contributed by atoms with Crippen molar-refractivity contribution in [1.82, 2.24) is 16.0 Å². The van der Waals surface area contributed by atoms with Gasteiger partial charge in [-0.1, -0.05) is 6.07 Å². The average molecular weight is 269 g/mol. The van der Waals surface area contributed by atoms with Crippen molar-refractivity contribution in [2.24, 2.45) is 0 Å². The molecule has 1 aliphatic heterocycles. The van der Waals surface area contributed by atoms with Gasteiger partial charge in [0.05, 0.1) is 12.1 Å². The van der Waals surface area contributed by atoms with Gasteiger partial charge in [-0.25, -0.2) is 4.79 Å². The van der Waals surface area contributed by atoms with E-state index in [9.17, 15) is 9.90 Å². The van der Waals surface area contributed by atoms with E-state index in [1.807, 2.05) is 17.5 Å². The fraction of sp³-hybridized carbons (Fsp3) is 0.583. The van der Waals surface area contributed by atoms with E-state index >= 15 is 0 Å². The van der Waals surface area contributed by atoms with Crippen molar-refractivity contribution in [1.29, 1.82) is 0 Å². The summed E-state index contributed by atoms with van der Waals surface area (Å²) in [5, 5.41) is 20.8. The molecule has 100 valence electrons. The summed E-state index contributed by atoms with van der Waals surface area (Å²) in [5.74, 6) is 0.